The maximum absolute atomic E-state index is 14.8. The van der Waals surface area contributed by atoms with E-state index in [-0.39, 0.29) is 44.5 Å². The van der Waals surface area contributed by atoms with Gasteiger partial charge in [-0.25, -0.2) is 41.9 Å². The van der Waals surface area contributed by atoms with Gasteiger partial charge in [0.1, 0.15) is 35.3 Å². The molecule has 16 heteroatoms. The molecule has 0 saturated heterocycles. The third-order valence-corrected chi connectivity index (χ3v) is 5.99. The Kier molecular flexibility index (Phi) is 5.96. The molecule has 6 rings (SSSR count). The minimum atomic E-state index is -2.41. The van der Waals surface area contributed by atoms with E-state index in [1.807, 2.05) is 24.3 Å². The van der Waals surface area contributed by atoms with Crippen molar-refractivity contribution in [1.82, 2.24) is 24.9 Å². The highest BCUT2D eigenvalue weighted by Gasteiger charge is 2.30. The number of halogens is 5. The van der Waals surface area contributed by atoms with E-state index in [0.29, 0.717) is 0 Å². The largest absolute Gasteiger partial charge is 0.433 e. The Hall–Kier alpha value is -6.78. The Morgan fingerprint density at radius 2 is 0.814 bits per heavy atom. The number of rotatable bonds is 3. The highest BCUT2D eigenvalue weighted by molar-refractivity contribution is 5.81. The Labute approximate surface area is 234 Å². The molecule has 3 aromatic heterocycles. The predicted octanol–water partition coefficient (Wildman–Crippen LogP) is 5.34. The molecular formula is C27H4F5N9O2. The molecule has 0 fully saturated rings. The van der Waals surface area contributed by atoms with Gasteiger partial charge in [-0.1, -0.05) is 0 Å². The average molecular weight is 581 g/mol. The van der Waals surface area contributed by atoms with Crippen molar-refractivity contribution in [2.45, 2.75) is 0 Å². The molecule has 0 saturated carbocycles. The maximum atomic E-state index is 14.8. The number of nitriles is 4. The fraction of sp³-hybridized carbons (Fsp3) is 0. The van der Waals surface area contributed by atoms with Crippen molar-refractivity contribution < 1.29 is 30.8 Å². The molecule has 0 unspecified atom stereocenters. The average Bonchev–Trinajstić information content (AvgIpc) is 3.64. The summed E-state index contributed by atoms with van der Waals surface area (Å²) in [6, 6.07) is 12.1. The van der Waals surface area contributed by atoms with Crippen LogP contribution in [-0.2, 0) is 0 Å². The van der Waals surface area contributed by atoms with Crippen molar-refractivity contribution in [3.63, 3.8) is 0 Å². The molecule has 0 aliphatic rings. The number of fused-ring (bicyclic) bond motifs is 2. The van der Waals surface area contributed by atoms with Crippen LogP contribution in [0.3, 0.4) is 0 Å². The number of hydrogen-bond donors (Lipinski definition) is 0. The molecule has 0 N–H and O–H groups in total. The van der Waals surface area contributed by atoms with Crippen LogP contribution in [0, 0.1) is 74.4 Å². The molecule has 0 bridgehead atoms. The van der Waals surface area contributed by atoms with Crippen LogP contribution in [0.4, 0.5) is 22.0 Å². The lowest BCUT2D eigenvalue weighted by Gasteiger charge is -2.08. The van der Waals surface area contributed by atoms with E-state index in [1.54, 1.807) is 0 Å². The first-order chi connectivity index (χ1) is 20.7. The second-order valence-electron chi connectivity index (χ2n) is 8.47. The summed E-state index contributed by atoms with van der Waals surface area (Å²) in [5.74, 6) is -14.6. The molecular weight excluding hydrogens is 577 g/mol. The SMILES string of the molecule is N#Cc1cc2nc(-c3nc(-c4nc5cc(C#N)c(C#N)cc5o4)nc(-c4c(F)c(F)c(F)c(F)c4F)n3)oc2cc1C#N. The summed E-state index contributed by atoms with van der Waals surface area (Å²) < 4.78 is 82.7. The standard InChI is InChI=1S/C27H4F5N9O2/c28-18-17(19(29)21(31)22(32)20(18)30)23-39-24(26-37-13-1-9(5-33)11(7-35)3-15(13)42-26)41-25(40-23)27-38-14-2-10(6-34)12(8-36)4-16(14)43-27/h1-4H. The van der Waals surface area contributed by atoms with Crippen LogP contribution in [-0.4, -0.2) is 24.9 Å². The van der Waals surface area contributed by atoms with Gasteiger partial charge in [0.15, 0.2) is 40.3 Å². The number of benzene rings is 3. The van der Waals surface area contributed by atoms with Gasteiger partial charge in [-0.3, -0.25) is 0 Å². The minimum absolute atomic E-state index is 0.0276. The zero-order valence-corrected chi connectivity index (χ0v) is 20.5. The lowest BCUT2D eigenvalue weighted by atomic mass is 10.1. The van der Waals surface area contributed by atoms with Crippen LogP contribution < -0.4 is 0 Å². The first kappa shape index (κ1) is 26.4. The molecule has 0 spiro atoms. The van der Waals surface area contributed by atoms with Crippen molar-refractivity contribution in [2.24, 2.45) is 0 Å². The Morgan fingerprint density at radius 3 is 1.21 bits per heavy atom. The van der Waals surface area contributed by atoms with Crippen LogP contribution in [0.25, 0.3) is 57.0 Å². The second kappa shape index (κ2) is 9.70. The zero-order chi connectivity index (χ0) is 30.6. The number of aromatic nitrogens is 5. The summed E-state index contributed by atoms with van der Waals surface area (Å²) in [6.07, 6.45) is 0. The van der Waals surface area contributed by atoms with E-state index < -0.39 is 63.9 Å². The van der Waals surface area contributed by atoms with Gasteiger partial charge in [-0.15, -0.1) is 0 Å². The molecule has 3 heterocycles. The van der Waals surface area contributed by atoms with Gasteiger partial charge < -0.3 is 8.83 Å². The molecule has 11 nitrogen and oxygen atoms in total. The zero-order valence-electron chi connectivity index (χ0n) is 20.5. The fourth-order valence-electron chi connectivity index (χ4n) is 3.99. The molecule has 0 aliphatic carbocycles. The van der Waals surface area contributed by atoms with E-state index in [4.69, 9.17) is 8.83 Å². The molecule has 0 radical (unpaired) electrons. The Bertz CT molecular complexity index is 2110. The summed E-state index contributed by atoms with van der Waals surface area (Å²) in [5.41, 5.74) is -1.69. The molecule has 0 aliphatic heterocycles. The van der Waals surface area contributed by atoms with Gasteiger partial charge in [0.25, 0.3) is 11.8 Å². The molecule has 3 aromatic carbocycles. The summed E-state index contributed by atoms with van der Waals surface area (Å²) in [4.78, 5) is 20.0. The van der Waals surface area contributed by atoms with Crippen LogP contribution in [0.5, 0.6) is 0 Å². The van der Waals surface area contributed by atoms with Gasteiger partial charge in [0.05, 0.1) is 27.8 Å². The van der Waals surface area contributed by atoms with Crippen LogP contribution in [0.1, 0.15) is 22.3 Å². The third-order valence-electron chi connectivity index (χ3n) is 5.99. The number of hydrogen-bond acceptors (Lipinski definition) is 11. The van der Waals surface area contributed by atoms with Crippen LogP contribution >= 0.6 is 0 Å². The van der Waals surface area contributed by atoms with Gasteiger partial charge >= 0.3 is 0 Å². The lowest BCUT2D eigenvalue weighted by Crippen LogP contribution is -2.08. The van der Waals surface area contributed by atoms with Gasteiger partial charge in [0, 0.05) is 12.1 Å². The highest BCUT2D eigenvalue weighted by atomic mass is 19.2. The lowest BCUT2D eigenvalue weighted by molar-refractivity contribution is 0.380. The first-order valence-electron chi connectivity index (χ1n) is 11.5. The van der Waals surface area contributed by atoms with Crippen molar-refractivity contribution in [1.29, 1.82) is 21.0 Å². The Morgan fingerprint density at radius 1 is 0.465 bits per heavy atom. The topological polar surface area (TPSA) is 186 Å². The normalized spacial score (nSPS) is 10.8. The highest BCUT2D eigenvalue weighted by Crippen LogP contribution is 2.33. The van der Waals surface area contributed by atoms with Crippen LogP contribution in [0.15, 0.2) is 33.1 Å². The number of oxazole rings is 2. The summed E-state index contributed by atoms with van der Waals surface area (Å²) in [7, 11) is 0. The van der Waals surface area contributed by atoms with Gasteiger partial charge in [-0.05, 0) is 12.1 Å². The van der Waals surface area contributed by atoms with E-state index in [9.17, 15) is 43.0 Å². The first-order valence-corrected chi connectivity index (χ1v) is 11.5. The molecule has 0 atom stereocenters. The van der Waals surface area contributed by atoms with Crippen LogP contribution in [0.2, 0.25) is 0 Å². The van der Waals surface area contributed by atoms with Crippen molar-refractivity contribution >= 4 is 22.2 Å². The minimum Gasteiger partial charge on any atom is -0.433 e. The van der Waals surface area contributed by atoms with E-state index >= 15 is 0 Å². The van der Waals surface area contributed by atoms with E-state index in [1.165, 1.54) is 24.3 Å². The summed E-state index contributed by atoms with van der Waals surface area (Å²) in [6.45, 7) is 0. The summed E-state index contributed by atoms with van der Waals surface area (Å²) in [5, 5.41) is 37.2. The Balaban J connectivity index is 1.63. The molecule has 204 valence electrons. The second-order valence-corrected chi connectivity index (χ2v) is 8.47. The maximum Gasteiger partial charge on any atom is 0.266 e. The van der Waals surface area contributed by atoms with Crippen molar-refractivity contribution in [2.75, 3.05) is 0 Å². The summed E-state index contributed by atoms with van der Waals surface area (Å²) >= 11 is 0. The van der Waals surface area contributed by atoms with E-state index in [2.05, 4.69) is 24.9 Å². The quantitative estimate of drug-likeness (QED) is 0.149. The third kappa shape index (κ3) is 4.11. The van der Waals surface area contributed by atoms with Crippen molar-refractivity contribution in [3.05, 3.63) is 75.6 Å². The van der Waals surface area contributed by atoms with Gasteiger partial charge in [-0.2, -0.15) is 26.0 Å². The smallest absolute Gasteiger partial charge is 0.266 e. The van der Waals surface area contributed by atoms with Crippen molar-refractivity contribution in [3.8, 4) is 59.1 Å². The van der Waals surface area contributed by atoms with E-state index in [0.717, 1.165) is 0 Å². The number of nitrogens with zero attached hydrogens (tertiary/aromatic N) is 9. The predicted molar refractivity (Wildman–Crippen MR) is 130 cm³/mol. The molecule has 6 aromatic rings. The molecule has 43 heavy (non-hydrogen) atoms. The van der Waals surface area contributed by atoms with Gasteiger partial charge in [0.2, 0.25) is 17.5 Å². The molecule has 0 amide bonds. The monoisotopic (exact) mass is 581 g/mol. The fourth-order valence-corrected chi connectivity index (χ4v) is 3.99.